The van der Waals surface area contributed by atoms with Crippen molar-refractivity contribution in [2.75, 3.05) is 6.61 Å². The van der Waals surface area contributed by atoms with Crippen molar-refractivity contribution < 1.29 is 9.90 Å². The molecule has 2 heteroatoms. The van der Waals surface area contributed by atoms with E-state index in [1.165, 1.54) is 0 Å². The molecule has 0 rings (SSSR count). The largest absolute Gasteiger partial charge is 0.392 e. The van der Waals surface area contributed by atoms with E-state index in [1.54, 1.807) is 13.8 Å². The first-order chi connectivity index (χ1) is 4.09. The standard InChI is InChI=1S/C7H12O2/c1-5(2)7(9)6(3)4-8/h5,8H,3-4H2,1-2H3. The molecule has 0 aromatic heterocycles. The summed E-state index contributed by atoms with van der Waals surface area (Å²) in [5, 5.41) is 8.43. The van der Waals surface area contributed by atoms with Crippen LogP contribution >= 0.6 is 0 Å². The summed E-state index contributed by atoms with van der Waals surface area (Å²) < 4.78 is 0. The van der Waals surface area contributed by atoms with Gasteiger partial charge in [-0.05, 0) is 0 Å². The molecular formula is C7H12O2. The van der Waals surface area contributed by atoms with E-state index < -0.39 is 0 Å². The van der Waals surface area contributed by atoms with Crippen molar-refractivity contribution >= 4 is 5.78 Å². The third-order valence-electron chi connectivity index (χ3n) is 1.06. The zero-order valence-electron chi connectivity index (χ0n) is 5.85. The lowest BCUT2D eigenvalue weighted by molar-refractivity contribution is -0.118. The highest BCUT2D eigenvalue weighted by molar-refractivity contribution is 5.96. The van der Waals surface area contributed by atoms with Gasteiger partial charge >= 0.3 is 0 Å². The second-order valence-electron chi connectivity index (χ2n) is 2.28. The van der Waals surface area contributed by atoms with Gasteiger partial charge in [0.15, 0.2) is 5.78 Å². The fourth-order valence-corrected chi connectivity index (χ4v) is 0.486. The van der Waals surface area contributed by atoms with Crippen LogP contribution in [0.4, 0.5) is 0 Å². The Hall–Kier alpha value is -0.630. The maximum Gasteiger partial charge on any atom is 0.163 e. The second-order valence-corrected chi connectivity index (χ2v) is 2.28. The minimum atomic E-state index is -0.225. The van der Waals surface area contributed by atoms with Gasteiger partial charge in [-0.2, -0.15) is 0 Å². The molecule has 0 heterocycles. The molecule has 0 radical (unpaired) electrons. The van der Waals surface area contributed by atoms with Crippen LogP contribution in [-0.2, 0) is 4.79 Å². The lowest BCUT2D eigenvalue weighted by atomic mass is 10.0. The van der Waals surface area contributed by atoms with Gasteiger partial charge in [0.25, 0.3) is 0 Å². The molecule has 2 nitrogen and oxygen atoms in total. The van der Waals surface area contributed by atoms with Crippen LogP contribution in [0, 0.1) is 5.92 Å². The Labute approximate surface area is 55.2 Å². The Kier molecular flexibility index (Phi) is 3.17. The topological polar surface area (TPSA) is 37.3 Å². The van der Waals surface area contributed by atoms with Gasteiger partial charge in [0, 0.05) is 11.5 Å². The van der Waals surface area contributed by atoms with E-state index >= 15 is 0 Å². The average Bonchev–Trinajstić information content (AvgIpc) is 1.84. The molecular weight excluding hydrogens is 116 g/mol. The van der Waals surface area contributed by atoms with Crippen LogP contribution in [0.5, 0.6) is 0 Å². The molecule has 0 aliphatic carbocycles. The molecule has 0 aliphatic rings. The second kappa shape index (κ2) is 3.41. The summed E-state index contributed by atoms with van der Waals surface area (Å²) in [6, 6.07) is 0. The Morgan fingerprint density at radius 1 is 1.67 bits per heavy atom. The van der Waals surface area contributed by atoms with E-state index in [-0.39, 0.29) is 18.3 Å². The van der Waals surface area contributed by atoms with E-state index in [0.717, 1.165) is 0 Å². The Bertz CT molecular complexity index is 125. The Morgan fingerprint density at radius 3 is 2.22 bits per heavy atom. The number of carbonyl (C=O) groups excluding carboxylic acids is 1. The summed E-state index contributed by atoms with van der Waals surface area (Å²) in [5.74, 6) is -0.109. The number of carbonyl (C=O) groups is 1. The number of aliphatic hydroxyl groups excluding tert-OH is 1. The molecule has 0 saturated heterocycles. The number of Topliss-reactive ketones (excluding diaryl/α,β-unsaturated/α-hetero) is 1. The summed E-state index contributed by atoms with van der Waals surface area (Å²) in [7, 11) is 0. The third-order valence-corrected chi connectivity index (χ3v) is 1.06. The number of hydrogen-bond donors (Lipinski definition) is 1. The predicted molar refractivity (Wildman–Crippen MR) is 36.1 cm³/mol. The molecule has 0 atom stereocenters. The minimum absolute atomic E-state index is 0.0513. The fraction of sp³-hybridized carbons (Fsp3) is 0.571. The summed E-state index contributed by atoms with van der Waals surface area (Å²) in [6.07, 6.45) is 0. The van der Waals surface area contributed by atoms with Crippen molar-refractivity contribution in [2.24, 2.45) is 5.92 Å². The molecule has 0 aliphatic heterocycles. The Morgan fingerprint density at radius 2 is 2.11 bits per heavy atom. The maximum atomic E-state index is 10.8. The molecule has 1 N–H and O–H groups in total. The predicted octanol–water partition coefficient (Wildman–Crippen LogP) is 0.760. The first kappa shape index (κ1) is 8.37. The minimum Gasteiger partial charge on any atom is -0.392 e. The summed E-state index contributed by atoms with van der Waals surface area (Å²) in [6.45, 7) is 6.73. The van der Waals surface area contributed by atoms with Gasteiger partial charge in [-0.25, -0.2) is 0 Å². The lowest BCUT2D eigenvalue weighted by Gasteiger charge is -2.02. The lowest BCUT2D eigenvalue weighted by Crippen LogP contribution is -2.11. The zero-order valence-corrected chi connectivity index (χ0v) is 5.85. The molecule has 0 aromatic rings. The van der Waals surface area contributed by atoms with Crippen LogP contribution in [0.25, 0.3) is 0 Å². The third kappa shape index (κ3) is 2.42. The molecule has 52 valence electrons. The van der Waals surface area contributed by atoms with Crippen LogP contribution in [0.2, 0.25) is 0 Å². The quantitative estimate of drug-likeness (QED) is 0.570. The molecule has 0 fully saturated rings. The molecule has 0 spiro atoms. The first-order valence-corrected chi connectivity index (χ1v) is 2.92. The highest BCUT2D eigenvalue weighted by Crippen LogP contribution is 2.01. The van der Waals surface area contributed by atoms with E-state index in [0.29, 0.717) is 5.57 Å². The van der Waals surface area contributed by atoms with E-state index in [1.807, 2.05) is 0 Å². The summed E-state index contributed by atoms with van der Waals surface area (Å²) in [5.41, 5.74) is 0.296. The van der Waals surface area contributed by atoms with Gasteiger partial charge in [0.05, 0.1) is 6.61 Å². The smallest absolute Gasteiger partial charge is 0.163 e. The van der Waals surface area contributed by atoms with Gasteiger partial charge < -0.3 is 5.11 Å². The SMILES string of the molecule is C=C(CO)C(=O)C(C)C. The van der Waals surface area contributed by atoms with Crippen molar-refractivity contribution in [1.82, 2.24) is 0 Å². The monoisotopic (exact) mass is 128 g/mol. The van der Waals surface area contributed by atoms with E-state index in [2.05, 4.69) is 6.58 Å². The van der Waals surface area contributed by atoms with Gasteiger partial charge in [0.1, 0.15) is 0 Å². The zero-order chi connectivity index (χ0) is 7.44. The number of ketones is 1. The number of rotatable bonds is 3. The van der Waals surface area contributed by atoms with E-state index in [4.69, 9.17) is 5.11 Å². The molecule has 9 heavy (non-hydrogen) atoms. The molecule has 0 aromatic carbocycles. The van der Waals surface area contributed by atoms with Crippen molar-refractivity contribution in [2.45, 2.75) is 13.8 Å². The van der Waals surface area contributed by atoms with Crippen LogP contribution in [0.15, 0.2) is 12.2 Å². The van der Waals surface area contributed by atoms with Gasteiger partial charge in [-0.15, -0.1) is 0 Å². The van der Waals surface area contributed by atoms with Crippen LogP contribution in [0.3, 0.4) is 0 Å². The normalized spacial score (nSPS) is 9.78. The van der Waals surface area contributed by atoms with Crippen LogP contribution in [-0.4, -0.2) is 17.5 Å². The summed E-state index contributed by atoms with van der Waals surface area (Å²) in [4.78, 5) is 10.8. The highest BCUT2D eigenvalue weighted by atomic mass is 16.3. The summed E-state index contributed by atoms with van der Waals surface area (Å²) >= 11 is 0. The maximum absolute atomic E-state index is 10.8. The van der Waals surface area contributed by atoms with Crippen molar-refractivity contribution in [1.29, 1.82) is 0 Å². The molecule has 0 bridgehead atoms. The number of hydrogen-bond acceptors (Lipinski definition) is 2. The highest BCUT2D eigenvalue weighted by Gasteiger charge is 2.09. The fourth-order valence-electron chi connectivity index (χ4n) is 0.486. The first-order valence-electron chi connectivity index (χ1n) is 2.92. The molecule has 0 unspecified atom stereocenters. The Balaban J connectivity index is 3.89. The van der Waals surface area contributed by atoms with Crippen LogP contribution < -0.4 is 0 Å². The average molecular weight is 128 g/mol. The molecule has 0 amide bonds. The van der Waals surface area contributed by atoms with Gasteiger partial charge in [0.2, 0.25) is 0 Å². The van der Waals surface area contributed by atoms with Gasteiger partial charge in [-0.1, -0.05) is 20.4 Å². The van der Waals surface area contributed by atoms with Crippen molar-refractivity contribution in [3.05, 3.63) is 12.2 Å². The van der Waals surface area contributed by atoms with Crippen molar-refractivity contribution in [3.63, 3.8) is 0 Å². The number of aliphatic hydroxyl groups is 1. The van der Waals surface area contributed by atoms with Crippen LogP contribution in [0.1, 0.15) is 13.8 Å². The van der Waals surface area contributed by atoms with Crippen molar-refractivity contribution in [3.8, 4) is 0 Å². The molecule has 0 saturated carbocycles. The van der Waals surface area contributed by atoms with E-state index in [9.17, 15) is 4.79 Å². The van der Waals surface area contributed by atoms with Gasteiger partial charge in [-0.3, -0.25) is 4.79 Å².